The van der Waals surface area contributed by atoms with E-state index < -0.39 is 5.91 Å². The lowest BCUT2D eigenvalue weighted by Crippen LogP contribution is -2.11. The van der Waals surface area contributed by atoms with Crippen molar-refractivity contribution >= 4 is 5.91 Å². The summed E-state index contributed by atoms with van der Waals surface area (Å²) in [5.41, 5.74) is 8.01. The second kappa shape index (κ2) is 5.36. The average Bonchev–Trinajstić information content (AvgIpc) is 2.38. The zero-order valence-electron chi connectivity index (χ0n) is 9.97. The third kappa shape index (κ3) is 3.10. The molecule has 18 heavy (non-hydrogen) atoms. The molecular weight excluding hydrogens is 226 g/mol. The van der Waals surface area contributed by atoms with Crippen molar-refractivity contribution in [3.63, 3.8) is 0 Å². The van der Waals surface area contributed by atoms with Gasteiger partial charge in [0, 0.05) is 5.56 Å². The second-order valence-electron chi connectivity index (χ2n) is 4.23. The summed E-state index contributed by atoms with van der Waals surface area (Å²) >= 11 is 0. The lowest BCUT2D eigenvalue weighted by atomic mass is 10.0. The number of amides is 1. The van der Waals surface area contributed by atoms with E-state index in [1.807, 2.05) is 30.3 Å². The molecule has 0 aliphatic heterocycles. The van der Waals surface area contributed by atoms with Gasteiger partial charge in [-0.3, -0.25) is 4.79 Å². The lowest BCUT2D eigenvalue weighted by Gasteiger charge is -2.04. The van der Waals surface area contributed by atoms with E-state index in [1.165, 1.54) is 0 Å². The zero-order chi connectivity index (χ0) is 13.0. The predicted octanol–water partition coefficient (Wildman–Crippen LogP) is 2.28. The average molecular weight is 241 g/mol. The Morgan fingerprint density at radius 2 is 1.67 bits per heavy atom. The number of phenols is 1. The zero-order valence-corrected chi connectivity index (χ0v) is 9.97. The summed E-state index contributed by atoms with van der Waals surface area (Å²) in [5.74, 6) is -0.129. The second-order valence-corrected chi connectivity index (χ2v) is 4.23. The van der Waals surface area contributed by atoms with Gasteiger partial charge in [-0.1, -0.05) is 24.3 Å². The number of carbonyl (C=O) groups excluding carboxylic acids is 1. The standard InChI is InChI=1S/C15H15NO2/c16-15(18)13-3-1-2-12(10-13)5-4-11-6-8-14(17)9-7-11/h1-3,6-10,17H,4-5H2,(H2,16,18). The summed E-state index contributed by atoms with van der Waals surface area (Å²) in [6.07, 6.45) is 1.70. The van der Waals surface area contributed by atoms with E-state index >= 15 is 0 Å². The lowest BCUT2D eigenvalue weighted by molar-refractivity contribution is 0.1000. The molecule has 0 spiro atoms. The number of carbonyl (C=O) groups is 1. The first-order valence-electron chi connectivity index (χ1n) is 5.82. The van der Waals surface area contributed by atoms with Gasteiger partial charge in [-0.2, -0.15) is 0 Å². The number of hydrogen-bond donors (Lipinski definition) is 2. The Bertz CT molecular complexity index is 547. The number of aromatic hydroxyl groups is 1. The van der Waals surface area contributed by atoms with Gasteiger partial charge in [0.1, 0.15) is 5.75 Å². The van der Waals surface area contributed by atoms with Crippen LogP contribution < -0.4 is 5.73 Å². The third-order valence-corrected chi connectivity index (χ3v) is 2.85. The molecule has 0 fully saturated rings. The summed E-state index contributed by atoms with van der Waals surface area (Å²) in [6, 6.07) is 14.5. The Balaban J connectivity index is 2.04. The largest absolute Gasteiger partial charge is 0.508 e. The molecule has 0 saturated heterocycles. The van der Waals surface area contributed by atoms with Gasteiger partial charge < -0.3 is 10.8 Å². The van der Waals surface area contributed by atoms with Crippen LogP contribution in [-0.2, 0) is 12.8 Å². The smallest absolute Gasteiger partial charge is 0.248 e. The van der Waals surface area contributed by atoms with Crippen LogP contribution >= 0.6 is 0 Å². The van der Waals surface area contributed by atoms with Crippen LogP contribution in [0.1, 0.15) is 21.5 Å². The molecule has 1 amide bonds. The molecule has 0 aromatic heterocycles. The number of phenolic OH excluding ortho intramolecular Hbond substituents is 1. The number of benzene rings is 2. The molecule has 0 heterocycles. The van der Waals surface area contributed by atoms with Crippen molar-refractivity contribution in [2.45, 2.75) is 12.8 Å². The maximum Gasteiger partial charge on any atom is 0.248 e. The molecule has 92 valence electrons. The quantitative estimate of drug-likeness (QED) is 0.862. The third-order valence-electron chi connectivity index (χ3n) is 2.85. The molecule has 0 saturated carbocycles. The number of primary amides is 1. The Morgan fingerprint density at radius 1 is 1.00 bits per heavy atom. The summed E-state index contributed by atoms with van der Waals surface area (Å²) in [4.78, 5) is 11.1. The number of hydrogen-bond acceptors (Lipinski definition) is 2. The van der Waals surface area contributed by atoms with Crippen LogP contribution in [0.5, 0.6) is 5.75 Å². The van der Waals surface area contributed by atoms with Gasteiger partial charge >= 0.3 is 0 Å². The minimum Gasteiger partial charge on any atom is -0.508 e. The van der Waals surface area contributed by atoms with Crippen LogP contribution in [0.3, 0.4) is 0 Å². The summed E-state index contributed by atoms with van der Waals surface area (Å²) in [6.45, 7) is 0. The number of rotatable bonds is 4. The molecule has 2 aromatic carbocycles. The Kier molecular flexibility index (Phi) is 3.63. The Morgan fingerprint density at radius 3 is 2.33 bits per heavy atom. The molecule has 0 aliphatic carbocycles. The van der Waals surface area contributed by atoms with Gasteiger partial charge in [0.05, 0.1) is 0 Å². The van der Waals surface area contributed by atoms with Crippen molar-refractivity contribution in [1.82, 2.24) is 0 Å². The van der Waals surface area contributed by atoms with Crippen LogP contribution in [0.25, 0.3) is 0 Å². The van der Waals surface area contributed by atoms with E-state index in [9.17, 15) is 9.90 Å². The monoisotopic (exact) mass is 241 g/mol. The van der Waals surface area contributed by atoms with Crippen molar-refractivity contribution in [1.29, 1.82) is 0 Å². The highest BCUT2D eigenvalue weighted by atomic mass is 16.3. The van der Waals surface area contributed by atoms with E-state index in [-0.39, 0.29) is 5.75 Å². The Hall–Kier alpha value is -2.29. The van der Waals surface area contributed by atoms with E-state index in [0.29, 0.717) is 5.56 Å². The summed E-state index contributed by atoms with van der Waals surface area (Å²) in [7, 11) is 0. The van der Waals surface area contributed by atoms with Gasteiger partial charge in [-0.25, -0.2) is 0 Å². The van der Waals surface area contributed by atoms with Crippen molar-refractivity contribution in [2.24, 2.45) is 5.73 Å². The van der Waals surface area contributed by atoms with E-state index in [0.717, 1.165) is 24.0 Å². The van der Waals surface area contributed by atoms with Crippen LogP contribution in [0.15, 0.2) is 48.5 Å². The van der Waals surface area contributed by atoms with Gasteiger partial charge in [-0.15, -0.1) is 0 Å². The molecule has 2 aromatic rings. The molecule has 3 heteroatoms. The minimum atomic E-state index is -0.401. The molecule has 0 radical (unpaired) electrons. The molecule has 0 aliphatic rings. The SMILES string of the molecule is NC(=O)c1cccc(CCc2ccc(O)cc2)c1. The predicted molar refractivity (Wildman–Crippen MR) is 70.5 cm³/mol. The van der Waals surface area contributed by atoms with Crippen molar-refractivity contribution in [3.05, 3.63) is 65.2 Å². The molecule has 0 bridgehead atoms. The van der Waals surface area contributed by atoms with Crippen molar-refractivity contribution in [2.75, 3.05) is 0 Å². The summed E-state index contributed by atoms with van der Waals surface area (Å²) < 4.78 is 0. The first-order valence-corrected chi connectivity index (χ1v) is 5.82. The highest BCUT2D eigenvalue weighted by Gasteiger charge is 2.01. The highest BCUT2D eigenvalue weighted by molar-refractivity contribution is 5.92. The minimum absolute atomic E-state index is 0.273. The fraction of sp³-hybridized carbons (Fsp3) is 0.133. The summed E-state index contributed by atoms with van der Waals surface area (Å²) in [5, 5.41) is 9.19. The highest BCUT2D eigenvalue weighted by Crippen LogP contribution is 2.13. The van der Waals surface area contributed by atoms with Gasteiger partial charge in [0.25, 0.3) is 0 Å². The van der Waals surface area contributed by atoms with E-state index in [1.54, 1.807) is 18.2 Å². The molecule has 0 unspecified atom stereocenters. The van der Waals surface area contributed by atoms with Crippen LogP contribution in [0.4, 0.5) is 0 Å². The van der Waals surface area contributed by atoms with Crippen molar-refractivity contribution in [3.8, 4) is 5.75 Å². The first-order chi connectivity index (χ1) is 8.65. The molecule has 0 atom stereocenters. The molecule has 3 N–H and O–H groups in total. The van der Waals surface area contributed by atoms with Crippen LogP contribution in [-0.4, -0.2) is 11.0 Å². The fourth-order valence-electron chi connectivity index (χ4n) is 1.83. The van der Waals surface area contributed by atoms with Crippen LogP contribution in [0.2, 0.25) is 0 Å². The molecule has 3 nitrogen and oxygen atoms in total. The molecular formula is C15H15NO2. The number of aryl methyl sites for hydroxylation is 2. The maximum absolute atomic E-state index is 11.1. The van der Waals surface area contributed by atoms with Crippen LogP contribution in [0, 0.1) is 0 Å². The molecule has 2 rings (SSSR count). The van der Waals surface area contributed by atoms with Gasteiger partial charge in [0.2, 0.25) is 5.91 Å². The van der Waals surface area contributed by atoms with Gasteiger partial charge in [0.15, 0.2) is 0 Å². The van der Waals surface area contributed by atoms with E-state index in [2.05, 4.69) is 0 Å². The maximum atomic E-state index is 11.1. The van der Waals surface area contributed by atoms with Crippen molar-refractivity contribution < 1.29 is 9.90 Å². The number of nitrogens with two attached hydrogens (primary N) is 1. The van der Waals surface area contributed by atoms with E-state index in [4.69, 9.17) is 5.73 Å². The first kappa shape index (κ1) is 12.2. The topological polar surface area (TPSA) is 63.3 Å². The van der Waals surface area contributed by atoms with Gasteiger partial charge in [-0.05, 0) is 48.2 Å². The Labute approximate surface area is 106 Å². The normalized spacial score (nSPS) is 10.2. The fourth-order valence-corrected chi connectivity index (χ4v) is 1.83.